The van der Waals surface area contributed by atoms with Gasteiger partial charge in [-0.2, -0.15) is 0 Å². The van der Waals surface area contributed by atoms with Crippen LogP contribution >= 0.6 is 0 Å². The van der Waals surface area contributed by atoms with Gasteiger partial charge in [-0.3, -0.25) is 4.31 Å². The Bertz CT molecular complexity index is 1420. The molecule has 1 atom stereocenters. The van der Waals surface area contributed by atoms with E-state index >= 15 is 0 Å². The first-order valence-electron chi connectivity index (χ1n) is 12.1. The molecule has 1 aliphatic rings. The molecular weight excluding hydrogens is 492 g/mol. The monoisotopic (exact) mass is 524 g/mol. The molecule has 0 bridgehead atoms. The molecule has 1 heterocycles. The first-order valence-corrected chi connectivity index (χ1v) is 15.0. The predicted molar refractivity (Wildman–Crippen MR) is 143 cm³/mol. The van der Waals surface area contributed by atoms with Crippen molar-refractivity contribution in [3.63, 3.8) is 0 Å². The van der Waals surface area contributed by atoms with Crippen molar-refractivity contribution in [3.8, 4) is 0 Å². The lowest BCUT2D eigenvalue weighted by Gasteiger charge is -2.32. The predicted octanol–water partition coefficient (Wildman–Crippen LogP) is 5.12. The molecule has 190 valence electrons. The fourth-order valence-electron chi connectivity index (χ4n) is 4.42. The molecule has 0 spiro atoms. The highest BCUT2D eigenvalue weighted by atomic mass is 32.2. The minimum atomic E-state index is -3.67. The average molecular weight is 525 g/mol. The summed E-state index contributed by atoms with van der Waals surface area (Å²) in [5.41, 5.74) is 4.12. The Balaban J connectivity index is 1.51. The molecule has 1 aliphatic heterocycles. The van der Waals surface area contributed by atoms with Gasteiger partial charge in [0.1, 0.15) is 0 Å². The van der Waals surface area contributed by atoms with E-state index < -0.39 is 20.0 Å². The smallest absolute Gasteiger partial charge is 0.263 e. The van der Waals surface area contributed by atoms with Crippen LogP contribution in [0.1, 0.15) is 41.9 Å². The Labute approximate surface area is 214 Å². The fraction of sp³-hybridized carbons (Fsp3) is 0.286. The Kier molecular flexibility index (Phi) is 7.97. The van der Waals surface area contributed by atoms with E-state index in [9.17, 15) is 16.8 Å². The van der Waals surface area contributed by atoms with Gasteiger partial charge in [-0.15, -0.1) is 0 Å². The molecule has 0 radical (unpaired) electrons. The number of nitrogens with one attached hydrogen (secondary N) is 1. The Morgan fingerprint density at radius 1 is 0.806 bits per heavy atom. The highest BCUT2D eigenvalue weighted by Gasteiger charge is 2.29. The van der Waals surface area contributed by atoms with Crippen LogP contribution in [0.15, 0.2) is 100 Å². The van der Waals surface area contributed by atoms with Crippen molar-refractivity contribution < 1.29 is 16.8 Å². The van der Waals surface area contributed by atoms with Crippen LogP contribution in [-0.4, -0.2) is 34.2 Å². The third-order valence-corrected chi connectivity index (χ3v) is 9.74. The van der Waals surface area contributed by atoms with E-state index in [0.29, 0.717) is 25.8 Å². The maximum absolute atomic E-state index is 13.3. The number of rotatable bonds is 9. The van der Waals surface area contributed by atoms with Gasteiger partial charge < -0.3 is 0 Å². The SMILES string of the molecule is Cc1ccc(S(=O)(=O)NCCCC2=CN(S(=O)(=O)c3ccc(C)cc3)CCC2c2ccccc2)cc1. The van der Waals surface area contributed by atoms with Crippen LogP contribution in [0.3, 0.4) is 0 Å². The lowest BCUT2D eigenvalue weighted by Crippen LogP contribution is -2.32. The quantitative estimate of drug-likeness (QED) is 0.394. The first-order chi connectivity index (χ1) is 17.2. The Morgan fingerprint density at radius 2 is 1.39 bits per heavy atom. The number of nitrogens with zero attached hydrogens (tertiary/aromatic N) is 1. The van der Waals surface area contributed by atoms with Gasteiger partial charge in [0.05, 0.1) is 9.79 Å². The standard InChI is InChI=1S/C28H32N2O4S2/c1-22-10-14-26(15-11-22)35(31,32)29-19-6-9-25-21-30(20-18-28(25)24-7-4-3-5-8-24)36(33,34)27-16-12-23(2)13-17-27/h3-5,7-8,10-17,21,28-29H,6,9,18-20H2,1-2H3. The first kappa shape index (κ1) is 26.1. The summed E-state index contributed by atoms with van der Waals surface area (Å²) in [6, 6.07) is 23.7. The second-order valence-electron chi connectivity index (χ2n) is 9.20. The Hall–Kier alpha value is -2.94. The summed E-state index contributed by atoms with van der Waals surface area (Å²) in [6.07, 6.45) is 3.55. The van der Waals surface area contributed by atoms with Crippen molar-refractivity contribution in [1.29, 1.82) is 0 Å². The number of hydrogen-bond donors (Lipinski definition) is 1. The van der Waals surface area contributed by atoms with E-state index in [2.05, 4.69) is 16.9 Å². The summed E-state index contributed by atoms with van der Waals surface area (Å²) >= 11 is 0. The highest BCUT2D eigenvalue weighted by molar-refractivity contribution is 7.89. The van der Waals surface area contributed by atoms with E-state index in [0.717, 1.165) is 22.3 Å². The number of allylic oxidation sites excluding steroid dienone is 1. The summed E-state index contributed by atoms with van der Waals surface area (Å²) in [5, 5.41) is 0. The molecule has 0 saturated heterocycles. The van der Waals surface area contributed by atoms with Gasteiger partial charge in [0, 0.05) is 25.2 Å². The topological polar surface area (TPSA) is 83.6 Å². The summed E-state index contributed by atoms with van der Waals surface area (Å²) in [4.78, 5) is 0.509. The molecular formula is C28H32N2O4S2. The van der Waals surface area contributed by atoms with E-state index in [-0.39, 0.29) is 22.3 Å². The maximum atomic E-state index is 13.3. The zero-order valence-corrected chi connectivity index (χ0v) is 22.2. The van der Waals surface area contributed by atoms with Gasteiger partial charge in [-0.05, 0) is 68.5 Å². The minimum absolute atomic E-state index is 0.0874. The van der Waals surface area contributed by atoms with Crippen LogP contribution in [0, 0.1) is 13.8 Å². The van der Waals surface area contributed by atoms with Crippen molar-refractivity contribution in [2.75, 3.05) is 13.1 Å². The molecule has 3 aromatic carbocycles. The molecule has 8 heteroatoms. The largest absolute Gasteiger partial charge is 0.273 e. The van der Waals surface area contributed by atoms with Gasteiger partial charge in [-0.1, -0.05) is 65.7 Å². The fourth-order valence-corrected chi connectivity index (χ4v) is 6.87. The maximum Gasteiger partial charge on any atom is 0.263 e. The van der Waals surface area contributed by atoms with Crippen LogP contribution in [0.2, 0.25) is 0 Å². The van der Waals surface area contributed by atoms with Gasteiger partial charge in [0.2, 0.25) is 10.0 Å². The lowest BCUT2D eigenvalue weighted by molar-refractivity contribution is 0.443. The molecule has 1 unspecified atom stereocenters. The highest BCUT2D eigenvalue weighted by Crippen LogP contribution is 2.36. The van der Waals surface area contributed by atoms with Crippen molar-refractivity contribution in [3.05, 3.63) is 107 Å². The molecule has 0 amide bonds. The zero-order chi connectivity index (χ0) is 25.8. The molecule has 0 saturated carbocycles. The number of sulfonamides is 2. The third-order valence-electron chi connectivity index (χ3n) is 6.49. The average Bonchev–Trinajstić information content (AvgIpc) is 2.87. The molecule has 4 rings (SSSR count). The molecule has 0 aliphatic carbocycles. The van der Waals surface area contributed by atoms with Crippen LogP contribution in [0.4, 0.5) is 0 Å². The Morgan fingerprint density at radius 3 is 2.00 bits per heavy atom. The van der Waals surface area contributed by atoms with E-state index in [1.54, 1.807) is 54.7 Å². The van der Waals surface area contributed by atoms with Gasteiger partial charge in [0.25, 0.3) is 10.0 Å². The van der Waals surface area contributed by atoms with Crippen LogP contribution in [0.25, 0.3) is 0 Å². The summed E-state index contributed by atoms with van der Waals surface area (Å²) < 4.78 is 56.0. The molecule has 6 nitrogen and oxygen atoms in total. The van der Waals surface area contributed by atoms with Crippen LogP contribution < -0.4 is 4.72 Å². The van der Waals surface area contributed by atoms with E-state index in [1.165, 1.54) is 4.31 Å². The van der Waals surface area contributed by atoms with Gasteiger partial charge in [0.15, 0.2) is 0 Å². The molecule has 0 aromatic heterocycles. The lowest BCUT2D eigenvalue weighted by atomic mass is 9.85. The van der Waals surface area contributed by atoms with E-state index in [1.807, 2.05) is 32.0 Å². The molecule has 36 heavy (non-hydrogen) atoms. The summed E-state index contributed by atoms with van der Waals surface area (Å²) in [6.45, 7) is 4.49. The zero-order valence-electron chi connectivity index (χ0n) is 20.6. The molecule has 1 N–H and O–H groups in total. The van der Waals surface area contributed by atoms with Gasteiger partial charge in [-0.25, -0.2) is 21.6 Å². The van der Waals surface area contributed by atoms with Crippen LogP contribution in [-0.2, 0) is 20.0 Å². The second-order valence-corrected chi connectivity index (χ2v) is 12.9. The van der Waals surface area contributed by atoms with Crippen LogP contribution in [0.5, 0.6) is 0 Å². The normalized spacial score (nSPS) is 16.6. The number of aryl methyl sites for hydroxylation is 2. The summed E-state index contributed by atoms with van der Waals surface area (Å²) in [5.74, 6) is 0.0874. The molecule has 0 fully saturated rings. The number of benzene rings is 3. The molecule has 3 aromatic rings. The van der Waals surface area contributed by atoms with Gasteiger partial charge >= 0.3 is 0 Å². The van der Waals surface area contributed by atoms with Crippen molar-refractivity contribution in [1.82, 2.24) is 9.03 Å². The van der Waals surface area contributed by atoms with E-state index in [4.69, 9.17) is 0 Å². The minimum Gasteiger partial charge on any atom is -0.273 e. The number of hydrogen-bond acceptors (Lipinski definition) is 4. The van der Waals surface area contributed by atoms with Crippen molar-refractivity contribution in [2.24, 2.45) is 0 Å². The third kappa shape index (κ3) is 6.06. The van der Waals surface area contributed by atoms with Crippen molar-refractivity contribution in [2.45, 2.75) is 48.8 Å². The second kappa shape index (κ2) is 11.0. The summed E-state index contributed by atoms with van der Waals surface area (Å²) in [7, 11) is -7.26. The van der Waals surface area contributed by atoms with Crippen molar-refractivity contribution >= 4 is 20.0 Å².